The maximum Gasteiger partial charge on any atom is 0.120 e. The largest absolute Gasteiger partial charge is 0.492 e. The SMILES string of the molecule is Cc1cnn(CCOc2cccc(C#CCN)c2)c1. The molecule has 0 bridgehead atoms. The molecule has 4 nitrogen and oxygen atoms in total. The topological polar surface area (TPSA) is 53.1 Å². The number of hydrogen-bond donors (Lipinski definition) is 1. The fourth-order valence-electron chi connectivity index (χ4n) is 1.66. The Morgan fingerprint density at radius 3 is 3.05 bits per heavy atom. The molecule has 0 unspecified atom stereocenters. The molecule has 2 rings (SSSR count). The lowest BCUT2D eigenvalue weighted by molar-refractivity contribution is 0.291. The van der Waals surface area contributed by atoms with Gasteiger partial charge in [-0.05, 0) is 30.7 Å². The first kappa shape index (κ1) is 13.2. The highest BCUT2D eigenvalue weighted by atomic mass is 16.5. The molecule has 0 atom stereocenters. The van der Waals surface area contributed by atoms with Crippen LogP contribution in [0.2, 0.25) is 0 Å². The van der Waals surface area contributed by atoms with Crippen LogP contribution >= 0.6 is 0 Å². The Morgan fingerprint density at radius 2 is 2.32 bits per heavy atom. The highest BCUT2D eigenvalue weighted by Gasteiger charge is 1.97. The third-order valence-corrected chi connectivity index (χ3v) is 2.52. The number of rotatable bonds is 4. The zero-order valence-corrected chi connectivity index (χ0v) is 11.0. The number of hydrogen-bond acceptors (Lipinski definition) is 3. The Kier molecular flexibility index (Phi) is 4.60. The van der Waals surface area contributed by atoms with Crippen LogP contribution in [0.15, 0.2) is 36.7 Å². The van der Waals surface area contributed by atoms with Crippen LogP contribution in [0.3, 0.4) is 0 Å². The third-order valence-electron chi connectivity index (χ3n) is 2.52. The van der Waals surface area contributed by atoms with Crippen molar-refractivity contribution in [2.45, 2.75) is 13.5 Å². The molecule has 19 heavy (non-hydrogen) atoms. The minimum atomic E-state index is 0.365. The van der Waals surface area contributed by atoms with E-state index in [0.717, 1.165) is 23.4 Å². The van der Waals surface area contributed by atoms with Gasteiger partial charge in [0.25, 0.3) is 0 Å². The maximum atomic E-state index is 5.68. The summed E-state index contributed by atoms with van der Waals surface area (Å²) in [6.07, 6.45) is 3.83. The van der Waals surface area contributed by atoms with Gasteiger partial charge in [-0.15, -0.1) is 0 Å². The molecule has 0 aliphatic rings. The van der Waals surface area contributed by atoms with Gasteiger partial charge in [-0.3, -0.25) is 4.68 Å². The lowest BCUT2D eigenvalue weighted by atomic mass is 10.2. The summed E-state index contributed by atoms with van der Waals surface area (Å²) in [7, 11) is 0. The van der Waals surface area contributed by atoms with Gasteiger partial charge in [0.05, 0.1) is 19.3 Å². The van der Waals surface area contributed by atoms with Crippen molar-refractivity contribution < 1.29 is 4.74 Å². The quantitative estimate of drug-likeness (QED) is 0.844. The van der Waals surface area contributed by atoms with Crippen LogP contribution in [0.25, 0.3) is 0 Å². The molecule has 1 aromatic heterocycles. The predicted octanol–water partition coefficient (Wildman–Crippen LogP) is 1.58. The molecule has 0 saturated heterocycles. The molecule has 1 heterocycles. The Hall–Kier alpha value is -2.25. The van der Waals surface area contributed by atoms with E-state index in [1.165, 1.54) is 0 Å². The van der Waals surface area contributed by atoms with Crippen molar-refractivity contribution in [3.05, 3.63) is 47.8 Å². The summed E-state index contributed by atoms with van der Waals surface area (Å²) < 4.78 is 7.55. The molecule has 1 aromatic carbocycles. The standard InChI is InChI=1S/C15H17N3O/c1-13-11-17-18(12-13)8-9-19-15-6-2-4-14(10-15)5-3-7-16/h2,4,6,10-12H,7-9,16H2,1H3. The summed E-state index contributed by atoms with van der Waals surface area (Å²) in [6, 6.07) is 7.69. The summed E-state index contributed by atoms with van der Waals surface area (Å²) in [5, 5.41) is 4.21. The van der Waals surface area contributed by atoms with E-state index >= 15 is 0 Å². The lowest BCUT2D eigenvalue weighted by Crippen LogP contribution is -2.08. The minimum Gasteiger partial charge on any atom is -0.492 e. The van der Waals surface area contributed by atoms with Gasteiger partial charge in [0.1, 0.15) is 12.4 Å². The fraction of sp³-hybridized carbons (Fsp3) is 0.267. The van der Waals surface area contributed by atoms with Crippen molar-refractivity contribution in [2.24, 2.45) is 5.73 Å². The van der Waals surface area contributed by atoms with Gasteiger partial charge in [0, 0.05) is 11.8 Å². The van der Waals surface area contributed by atoms with Crippen LogP contribution in [0.1, 0.15) is 11.1 Å². The van der Waals surface area contributed by atoms with Gasteiger partial charge in [0.2, 0.25) is 0 Å². The first-order valence-corrected chi connectivity index (χ1v) is 6.19. The van der Waals surface area contributed by atoms with Gasteiger partial charge in [-0.2, -0.15) is 5.10 Å². The fourth-order valence-corrected chi connectivity index (χ4v) is 1.66. The molecule has 0 aliphatic heterocycles. The Labute approximate surface area is 113 Å². The summed E-state index contributed by atoms with van der Waals surface area (Å²) in [5.74, 6) is 6.62. The van der Waals surface area contributed by atoms with E-state index in [1.54, 1.807) is 0 Å². The summed E-state index contributed by atoms with van der Waals surface area (Å²) >= 11 is 0. The van der Waals surface area contributed by atoms with Crippen molar-refractivity contribution in [2.75, 3.05) is 13.2 Å². The number of nitrogens with zero attached hydrogens (tertiary/aromatic N) is 2. The Bertz CT molecular complexity index is 593. The van der Waals surface area contributed by atoms with Gasteiger partial charge >= 0.3 is 0 Å². The van der Waals surface area contributed by atoms with Gasteiger partial charge in [-0.25, -0.2) is 0 Å². The van der Waals surface area contributed by atoms with Crippen LogP contribution in [-0.2, 0) is 6.54 Å². The van der Waals surface area contributed by atoms with Crippen molar-refractivity contribution >= 4 is 0 Å². The zero-order chi connectivity index (χ0) is 13.5. The summed E-state index contributed by atoms with van der Waals surface area (Å²) in [4.78, 5) is 0. The highest BCUT2D eigenvalue weighted by Crippen LogP contribution is 2.12. The molecule has 0 spiro atoms. The molecule has 0 amide bonds. The average Bonchev–Trinajstić information content (AvgIpc) is 2.83. The van der Waals surface area contributed by atoms with E-state index in [9.17, 15) is 0 Å². The van der Waals surface area contributed by atoms with Crippen molar-refractivity contribution in [1.29, 1.82) is 0 Å². The number of nitrogens with two attached hydrogens (primary N) is 1. The monoisotopic (exact) mass is 255 g/mol. The highest BCUT2D eigenvalue weighted by molar-refractivity contribution is 5.39. The third kappa shape index (κ3) is 4.16. The van der Waals surface area contributed by atoms with E-state index in [4.69, 9.17) is 10.5 Å². The van der Waals surface area contributed by atoms with Crippen LogP contribution in [0, 0.1) is 18.8 Å². The van der Waals surface area contributed by atoms with E-state index in [-0.39, 0.29) is 0 Å². The normalized spacial score (nSPS) is 9.79. The number of ether oxygens (including phenoxy) is 1. The second-order valence-electron chi connectivity index (χ2n) is 4.16. The average molecular weight is 255 g/mol. The molecule has 0 aliphatic carbocycles. The van der Waals surface area contributed by atoms with E-state index in [1.807, 2.05) is 48.3 Å². The van der Waals surface area contributed by atoms with Crippen LogP contribution in [0.5, 0.6) is 5.75 Å². The molecule has 0 saturated carbocycles. The zero-order valence-electron chi connectivity index (χ0n) is 11.0. The van der Waals surface area contributed by atoms with Crippen molar-refractivity contribution in [3.63, 3.8) is 0 Å². The summed E-state index contributed by atoms with van der Waals surface area (Å²) in [5.41, 5.74) is 7.41. The van der Waals surface area contributed by atoms with Gasteiger partial charge in [-0.1, -0.05) is 17.9 Å². The number of aromatic nitrogens is 2. The van der Waals surface area contributed by atoms with Crippen molar-refractivity contribution in [1.82, 2.24) is 9.78 Å². The maximum absolute atomic E-state index is 5.68. The predicted molar refractivity (Wildman–Crippen MR) is 74.8 cm³/mol. The Morgan fingerprint density at radius 1 is 1.42 bits per heavy atom. The van der Waals surface area contributed by atoms with Crippen LogP contribution in [-0.4, -0.2) is 22.9 Å². The van der Waals surface area contributed by atoms with E-state index in [2.05, 4.69) is 16.9 Å². The second-order valence-corrected chi connectivity index (χ2v) is 4.16. The van der Waals surface area contributed by atoms with Crippen LogP contribution in [0.4, 0.5) is 0 Å². The summed E-state index contributed by atoms with van der Waals surface area (Å²) in [6.45, 7) is 3.69. The second kappa shape index (κ2) is 6.62. The number of benzene rings is 1. The molecular formula is C15H17N3O. The van der Waals surface area contributed by atoms with Gasteiger partial charge < -0.3 is 10.5 Å². The molecule has 0 radical (unpaired) electrons. The van der Waals surface area contributed by atoms with Gasteiger partial charge in [0.15, 0.2) is 0 Å². The molecule has 2 aromatic rings. The Balaban J connectivity index is 1.89. The molecule has 98 valence electrons. The van der Waals surface area contributed by atoms with E-state index in [0.29, 0.717) is 13.2 Å². The first-order chi connectivity index (χ1) is 9.28. The molecule has 0 fully saturated rings. The van der Waals surface area contributed by atoms with Crippen LogP contribution < -0.4 is 10.5 Å². The van der Waals surface area contributed by atoms with E-state index < -0.39 is 0 Å². The first-order valence-electron chi connectivity index (χ1n) is 6.19. The number of aryl methyl sites for hydroxylation is 1. The molecule has 2 N–H and O–H groups in total. The minimum absolute atomic E-state index is 0.365. The molecular weight excluding hydrogens is 238 g/mol. The smallest absolute Gasteiger partial charge is 0.120 e. The lowest BCUT2D eigenvalue weighted by Gasteiger charge is -2.06. The molecule has 4 heteroatoms. The van der Waals surface area contributed by atoms with Crippen molar-refractivity contribution in [3.8, 4) is 17.6 Å².